The van der Waals surface area contributed by atoms with E-state index in [-0.39, 0.29) is 11.6 Å². The summed E-state index contributed by atoms with van der Waals surface area (Å²) < 4.78 is 33.0. The molecular weight excluding hydrogens is 294 g/mol. The molecule has 0 N–H and O–H groups in total. The van der Waals surface area contributed by atoms with Gasteiger partial charge in [0.05, 0.1) is 12.8 Å². The van der Waals surface area contributed by atoms with Gasteiger partial charge in [-0.3, -0.25) is 4.90 Å². The molecule has 0 amide bonds. The average Bonchev–Trinajstić information content (AvgIpc) is 2.94. The molecular formula is C13H17N3O4S. The van der Waals surface area contributed by atoms with Crippen LogP contribution >= 0.6 is 0 Å². The molecule has 3 rings (SSSR count). The summed E-state index contributed by atoms with van der Waals surface area (Å²) in [4.78, 5) is 6.34. The number of aryl methyl sites for hydroxylation is 1. The van der Waals surface area contributed by atoms with E-state index in [9.17, 15) is 8.42 Å². The fourth-order valence-electron chi connectivity index (χ4n) is 2.48. The van der Waals surface area contributed by atoms with Crippen LogP contribution in [0.3, 0.4) is 0 Å². The normalized spacial score (nSPS) is 16.6. The summed E-state index contributed by atoms with van der Waals surface area (Å²) in [6.07, 6.45) is 4.80. The van der Waals surface area contributed by atoms with Crippen LogP contribution in [0.4, 0.5) is 0 Å². The molecule has 21 heavy (non-hydrogen) atoms. The molecule has 0 spiro atoms. The molecule has 0 unspecified atom stereocenters. The molecule has 1 aliphatic heterocycles. The molecule has 0 saturated heterocycles. The lowest BCUT2D eigenvalue weighted by Crippen LogP contribution is -2.22. The van der Waals surface area contributed by atoms with Gasteiger partial charge in [-0.25, -0.2) is 8.42 Å². The molecule has 7 nitrogen and oxygen atoms in total. The quantitative estimate of drug-likeness (QED) is 0.836. The molecule has 2 aromatic rings. The van der Waals surface area contributed by atoms with Gasteiger partial charge in [-0.2, -0.15) is 4.98 Å². The van der Waals surface area contributed by atoms with Crippen molar-refractivity contribution in [2.75, 3.05) is 12.8 Å². The summed E-state index contributed by atoms with van der Waals surface area (Å²) in [6, 6.07) is 1.98. The summed E-state index contributed by atoms with van der Waals surface area (Å²) in [6.45, 7) is 2.20. The minimum atomic E-state index is -3.15. The standard InChI is InChI=1S/C13H17N3O4S/c1-21(17,18)9-12-14-13(20-15-12)8-16-5-2-3-11-10(7-16)4-6-19-11/h4,6H,2-3,5,7-9H2,1H3. The third kappa shape index (κ3) is 3.70. The monoisotopic (exact) mass is 311 g/mol. The van der Waals surface area contributed by atoms with E-state index in [0.717, 1.165) is 37.9 Å². The van der Waals surface area contributed by atoms with E-state index < -0.39 is 9.84 Å². The van der Waals surface area contributed by atoms with Gasteiger partial charge in [-0.15, -0.1) is 0 Å². The summed E-state index contributed by atoms with van der Waals surface area (Å²) >= 11 is 0. The van der Waals surface area contributed by atoms with Crippen LogP contribution in [0.2, 0.25) is 0 Å². The maximum absolute atomic E-state index is 11.2. The van der Waals surface area contributed by atoms with Gasteiger partial charge in [0.1, 0.15) is 11.5 Å². The van der Waals surface area contributed by atoms with Crippen molar-refractivity contribution in [1.82, 2.24) is 15.0 Å². The lowest BCUT2D eigenvalue weighted by molar-refractivity contribution is 0.221. The van der Waals surface area contributed by atoms with E-state index in [1.165, 1.54) is 5.56 Å². The van der Waals surface area contributed by atoms with Crippen molar-refractivity contribution in [3.05, 3.63) is 35.4 Å². The van der Waals surface area contributed by atoms with Gasteiger partial charge in [-0.1, -0.05) is 5.16 Å². The van der Waals surface area contributed by atoms with Crippen LogP contribution in [0.1, 0.15) is 29.5 Å². The highest BCUT2D eigenvalue weighted by molar-refractivity contribution is 7.89. The molecule has 0 aromatic carbocycles. The van der Waals surface area contributed by atoms with Crippen LogP contribution in [0.25, 0.3) is 0 Å². The van der Waals surface area contributed by atoms with Crippen LogP contribution in [0.5, 0.6) is 0 Å². The second-order valence-corrected chi connectivity index (χ2v) is 7.50. The molecule has 2 aromatic heterocycles. The zero-order valence-electron chi connectivity index (χ0n) is 11.8. The molecule has 8 heteroatoms. The van der Waals surface area contributed by atoms with Gasteiger partial charge in [0.25, 0.3) is 0 Å². The smallest absolute Gasteiger partial charge is 0.240 e. The Morgan fingerprint density at radius 3 is 3.10 bits per heavy atom. The maximum Gasteiger partial charge on any atom is 0.240 e. The Morgan fingerprint density at radius 1 is 1.43 bits per heavy atom. The van der Waals surface area contributed by atoms with Crippen LogP contribution < -0.4 is 0 Å². The highest BCUT2D eigenvalue weighted by atomic mass is 32.2. The third-order valence-electron chi connectivity index (χ3n) is 3.37. The van der Waals surface area contributed by atoms with Crippen LogP contribution in [-0.4, -0.2) is 36.3 Å². The van der Waals surface area contributed by atoms with Crippen molar-refractivity contribution in [3.63, 3.8) is 0 Å². The number of nitrogens with zero attached hydrogens (tertiary/aromatic N) is 3. The predicted molar refractivity (Wildman–Crippen MR) is 74.0 cm³/mol. The molecule has 0 bridgehead atoms. The Morgan fingerprint density at radius 2 is 2.29 bits per heavy atom. The SMILES string of the molecule is CS(=O)(=O)Cc1noc(CN2CCCc3occc3C2)n1. The van der Waals surface area contributed by atoms with Crippen LogP contribution in [-0.2, 0) is 35.1 Å². The van der Waals surface area contributed by atoms with E-state index >= 15 is 0 Å². The fourth-order valence-corrected chi connectivity index (χ4v) is 3.07. The van der Waals surface area contributed by atoms with Crippen LogP contribution in [0, 0.1) is 0 Å². The van der Waals surface area contributed by atoms with Gasteiger partial charge < -0.3 is 8.94 Å². The highest BCUT2D eigenvalue weighted by Crippen LogP contribution is 2.20. The number of fused-ring (bicyclic) bond motifs is 1. The number of sulfone groups is 1. The van der Waals surface area contributed by atoms with Crippen LogP contribution in [0.15, 0.2) is 21.3 Å². The number of hydrogen-bond acceptors (Lipinski definition) is 7. The zero-order chi connectivity index (χ0) is 14.9. The van der Waals surface area contributed by atoms with Crippen molar-refractivity contribution in [3.8, 4) is 0 Å². The minimum absolute atomic E-state index is 0.192. The fraction of sp³-hybridized carbons (Fsp3) is 0.538. The third-order valence-corrected chi connectivity index (χ3v) is 4.15. The lowest BCUT2D eigenvalue weighted by Gasteiger charge is -2.16. The van der Waals surface area contributed by atoms with Crippen molar-refractivity contribution < 1.29 is 17.4 Å². The minimum Gasteiger partial charge on any atom is -0.469 e. The highest BCUT2D eigenvalue weighted by Gasteiger charge is 2.19. The molecule has 0 radical (unpaired) electrons. The molecule has 0 aliphatic carbocycles. The van der Waals surface area contributed by atoms with Gasteiger partial charge in [-0.05, 0) is 19.0 Å². The first-order valence-corrected chi connectivity index (χ1v) is 8.82. The summed E-state index contributed by atoms with van der Waals surface area (Å²) in [5, 5.41) is 3.71. The van der Waals surface area contributed by atoms with Crippen molar-refractivity contribution in [1.29, 1.82) is 0 Å². The first-order valence-electron chi connectivity index (χ1n) is 6.76. The topological polar surface area (TPSA) is 89.4 Å². The first kappa shape index (κ1) is 14.3. The molecule has 114 valence electrons. The Bertz CT molecular complexity index is 719. The second-order valence-electron chi connectivity index (χ2n) is 5.36. The van der Waals surface area contributed by atoms with Crippen molar-refractivity contribution in [2.45, 2.75) is 31.7 Å². The molecule has 1 aliphatic rings. The van der Waals surface area contributed by atoms with E-state index in [2.05, 4.69) is 15.0 Å². The Balaban J connectivity index is 1.67. The Kier molecular flexibility index (Phi) is 3.81. The largest absolute Gasteiger partial charge is 0.469 e. The number of rotatable bonds is 4. The summed E-state index contributed by atoms with van der Waals surface area (Å²) in [7, 11) is -3.15. The van der Waals surface area contributed by atoms with Gasteiger partial charge in [0.2, 0.25) is 5.89 Å². The van der Waals surface area contributed by atoms with E-state index in [4.69, 9.17) is 8.94 Å². The molecule has 0 saturated carbocycles. The summed E-state index contributed by atoms with van der Waals surface area (Å²) in [5.41, 5.74) is 1.18. The zero-order valence-corrected chi connectivity index (χ0v) is 12.6. The Labute approximate surface area is 122 Å². The van der Waals surface area contributed by atoms with Crippen molar-refractivity contribution in [2.24, 2.45) is 0 Å². The lowest BCUT2D eigenvalue weighted by atomic mass is 10.2. The maximum atomic E-state index is 11.2. The van der Waals surface area contributed by atoms with Crippen molar-refractivity contribution >= 4 is 9.84 Å². The molecule has 0 atom stereocenters. The Hall–Kier alpha value is -1.67. The number of aromatic nitrogens is 2. The first-order chi connectivity index (χ1) is 9.99. The molecule has 0 fully saturated rings. The van der Waals surface area contributed by atoms with E-state index in [1.807, 2.05) is 6.07 Å². The van der Waals surface area contributed by atoms with Gasteiger partial charge >= 0.3 is 0 Å². The molecule has 3 heterocycles. The summed E-state index contributed by atoms with van der Waals surface area (Å²) in [5.74, 6) is 1.51. The number of hydrogen-bond donors (Lipinski definition) is 0. The predicted octanol–water partition coefficient (Wildman–Crippen LogP) is 1.16. The van der Waals surface area contributed by atoms with E-state index in [1.54, 1.807) is 6.26 Å². The number of furan rings is 1. The second kappa shape index (κ2) is 5.61. The van der Waals surface area contributed by atoms with E-state index in [0.29, 0.717) is 12.4 Å². The van der Waals surface area contributed by atoms with Gasteiger partial charge in [0, 0.05) is 24.8 Å². The van der Waals surface area contributed by atoms with Gasteiger partial charge in [0.15, 0.2) is 15.7 Å². The average molecular weight is 311 g/mol.